The minimum Gasteiger partial charge on any atom is -0.481 e. The van der Waals surface area contributed by atoms with Crippen LogP contribution in [0.4, 0.5) is 0 Å². The van der Waals surface area contributed by atoms with Crippen LogP contribution in [0.2, 0.25) is 0 Å². The molecule has 0 unspecified atom stereocenters. The van der Waals surface area contributed by atoms with Crippen LogP contribution >= 0.6 is 0 Å². The van der Waals surface area contributed by atoms with Crippen LogP contribution in [-0.2, 0) is 28.7 Å². The average molecular weight is 599 g/mol. The number of unbranched alkanes of at least 4 members (excludes halogenated alkanes) is 5. The second kappa shape index (κ2) is 16.6. The van der Waals surface area contributed by atoms with Crippen molar-refractivity contribution in [3.05, 3.63) is 0 Å². The number of hydrogen-bond acceptors (Lipinski definition) is 8. The molecule has 0 aromatic carbocycles. The SMILES string of the molecule is CC1(C)CC(OC(=O)CCCCCCCCC(=O)OC2CC(C)(C)NC(C)(C)C2)CC(C)(C)N1.O=C(O)CCC(=O)O. The van der Waals surface area contributed by atoms with Gasteiger partial charge in [0.2, 0.25) is 0 Å². The Morgan fingerprint density at radius 2 is 0.786 bits per heavy atom. The monoisotopic (exact) mass is 598 g/mol. The van der Waals surface area contributed by atoms with E-state index in [1.54, 1.807) is 0 Å². The largest absolute Gasteiger partial charge is 0.481 e. The normalized spacial score (nSPS) is 21.0. The van der Waals surface area contributed by atoms with Crippen molar-refractivity contribution in [2.45, 2.75) is 180 Å². The highest BCUT2D eigenvalue weighted by Gasteiger charge is 2.40. The molecule has 10 heteroatoms. The third kappa shape index (κ3) is 17.7. The van der Waals surface area contributed by atoms with E-state index in [9.17, 15) is 19.2 Å². The van der Waals surface area contributed by atoms with E-state index in [4.69, 9.17) is 19.7 Å². The van der Waals surface area contributed by atoms with E-state index >= 15 is 0 Å². The smallest absolute Gasteiger partial charge is 0.306 e. The Balaban J connectivity index is 0.000000962. The molecule has 2 saturated heterocycles. The zero-order chi connectivity index (χ0) is 32.2. The number of carbonyl (C=O) groups excluding carboxylic acids is 2. The lowest BCUT2D eigenvalue weighted by molar-refractivity contribution is -0.154. The van der Waals surface area contributed by atoms with Gasteiger partial charge in [0.1, 0.15) is 12.2 Å². The van der Waals surface area contributed by atoms with Crippen molar-refractivity contribution in [3.63, 3.8) is 0 Å². The first kappa shape index (κ1) is 37.8. The highest BCUT2D eigenvalue weighted by Crippen LogP contribution is 2.31. The van der Waals surface area contributed by atoms with Crippen molar-refractivity contribution in [1.82, 2.24) is 10.6 Å². The molecule has 0 saturated carbocycles. The number of rotatable bonds is 14. The van der Waals surface area contributed by atoms with Gasteiger partial charge in [-0.2, -0.15) is 0 Å². The standard InChI is InChI=1S/C28H52N2O4.C4H6O4/c1-25(2)17-21(18-26(3,4)29-25)33-23(31)15-13-11-9-10-12-14-16-24(32)34-22-19-27(5,6)30-28(7,8)20-22;5-3(6)1-2-4(7)8/h21-22,29-30H,9-20H2,1-8H3;1-2H2,(H,5,6)(H,7,8). The molecule has 2 rings (SSSR count). The molecule has 10 nitrogen and oxygen atoms in total. The van der Waals surface area contributed by atoms with Crippen LogP contribution in [0, 0.1) is 0 Å². The summed E-state index contributed by atoms with van der Waals surface area (Å²) in [4.78, 5) is 43.9. The molecule has 42 heavy (non-hydrogen) atoms. The molecule has 0 aromatic heterocycles. The molecule has 2 aliphatic rings. The number of esters is 2. The topological polar surface area (TPSA) is 151 Å². The number of piperidine rings is 2. The van der Waals surface area contributed by atoms with Gasteiger partial charge in [0.25, 0.3) is 0 Å². The first-order chi connectivity index (χ1) is 19.2. The van der Waals surface area contributed by atoms with Crippen LogP contribution < -0.4 is 10.6 Å². The highest BCUT2D eigenvalue weighted by molar-refractivity contribution is 5.75. The second-order valence-corrected chi connectivity index (χ2v) is 14.7. The minimum absolute atomic E-state index is 0.000484. The third-order valence-corrected chi connectivity index (χ3v) is 7.47. The number of aliphatic carboxylic acids is 2. The van der Waals surface area contributed by atoms with Gasteiger partial charge in [0, 0.05) is 60.7 Å². The number of ether oxygens (including phenoxy) is 2. The summed E-state index contributed by atoms with van der Waals surface area (Å²) < 4.78 is 11.6. The summed E-state index contributed by atoms with van der Waals surface area (Å²) in [6.07, 6.45) is 9.83. The second-order valence-electron chi connectivity index (χ2n) is 14.7. The van der Waals surface area contributed by atoms with Crippen molar-refractivity contribution >= 4 is 23.9 Å². The van der Waals surface area contributed by atoms with Gasteiger partial charge in [-0.25, -0.2) is 0 Å². The third-order valence-electron chi connectivity index (χ3n) is 7.47. The predicted molar refractivity (Wildman–Crippen MR) is 162 cm³/mol. The summed E-state index contributed by atoms with van der Waals surface area (Å²) in [6, 6.07) is 0. The van der Waals surface area contributed by atoms with Gasteiger partial charge in [-0.05, 0) is 68.2 Å². The van der Waals surface area contributed by atoms with Gasteiger partial charge in [-0.1, -0.05) is 25.7 Å². The van der Waals surface area contributed by atoms with Crippen LogP contribution in [0.5, 0.6) is 0 Å². The first-order valence-electron chi connectivity index (χ1n) is 15.6. The maximum atomic E-state index is 12.3. The van der Waals surface area contributed by atoms with Crippen LogP contribution in [0.3, 0.4) is 0 Å². The van der Waals surface area contributed by atoms with Gasteiger partial charge in [0.05, 0.1) is 12.8 Å². The Morgan fingerprint density at radius 3 is 1.05 bits per heavy atom. The zero-order valence-electron chi connectivity index (χ0n) is 27.4. The lowest BCUT2D eigenvalue weighted by atomic mass is 9.81. The number of carboxylic acid groups (broad SMARTS) is 2. The molecule has 0 atom stereocenters. The molecule has 0 radical (unpaired) electrons. The fourth-order valence-electron chi connectivity index (χ4n) is 6.57. The van der Waals surface area contributed by atoms with E-state index in [1.807, 2.05) is 0 Å². The maximum absolute atomic E-state index is 12.3. The zero-order valence-corrected chi connectivity index (χ0v) is 27.4. The number of carboxylic acids is 2. The minimum atomic E-state index is -1.08. The fourth-order valence-corrected chi connectivity index (χ4v) is 6.57. The van der Waals surface area contributed by atoms with E-state index in [2.05, 4.69) is 66.0 Å². The van der Waals surface area contributed by atoms with Crippen LogP contribution in [-0.4, -0.2) is 68.5 Å². The lowest BCUT2D eigenvalue weighted by Crippen LogP contribution is -2.59. The molecule has 4 N–H and O–H groups in total. The molecule has 2 heterocycles. The van der Waals surface area contributed by atoms with Crippen LogP contribution in [0.15, 0.2) is 0 Å². The summed E-state index contributed by atoms with van der Waals surface area (Å²) in [5, 5.41) is 23.0. The van der Waals surface area contributed by atoms with E-state index in [0.29, 0.717) is 12.8 Å². The maximum Gasteiger partial charge on any atom is 0.306 e. The number of carbonyl (C=O) groups is 4. The molecule has 244 valence electrons. The van der Waals surface area contributed by atoms with Gasteiger partial charge in [-0.15, -0.1) is 0 Å². The molecular weight excluding hydrogens is 540 g/mol. The van der Waals surface area contributed by atoms with Gasteiger partial charge < -0.3 is 30.3 Å². The molecule has 2 aliphatic heterocycles. The van der Waals surface area contributed by atoms with Crippen molar-refractivity contribution in [1.29, 1.82) is 0 Å². The van der Waals surface area contributed by atoms with Crippen LogP contribution in [0.1, 0.15) is 145 Å². The molecule has 0 amide bonds. The summed E-state index contributed by atoms with van der Waals surface area (Å²) in [7, 11) is 0. The van der Waals surface area contributed by atoms with E-state index in [1.165, 1.54) is 0 Å². The lowest BCUT2D eigenvalue weighted by Gasteiger charge is -2.46. The Hall–Kier alpha value is -2.20. The Labute approximate surface area is 253 Å². The van der Waals surface area contributed by atoms with E-state index in [-0.39, 0.29) is 59.1 Å². The van der Waals surface area contributed by atoms with Crippen molar-refractivity contribution in [2.24, 2.45) is 0 Å². The fraction of sp³-hybridized carbons (Fsp3) is 0.875. The van der Waals surface area contributed by atoms with Crippen LogP contribution in [0.25, 0.3) is 0 Å². The van der Waals surface area contributed by atoms with Gasteiger partial charge in [0.15, 0.2) is 0 Å². The Kier molecular flexibility index (Phi) is 14.9. The Morgan fingerprint density at radius 1 is 0.524 bits per heavy atom. The number of nitrogens with one attached hydrogen (secondary N) is 2. The predicted octanol–water partition coefficient (Wildman–Crippen LogP) is 5.75. The van der Waals surface area contributed by atoms with Crippen molar-refractivity contribution in [2.75, 3.05) is 0 Å². The summed E-state index contributed by atoms with van der Waals surface area (Å²) in [5.74, 6) is -2.28. The molecule has 0 spiro atoms. The Bertz CT molecular complexity index is 793. The summed E-state index contributed by atoms with van der Waals surface area (Å²) in [6.45, 7) is 17.4. The van der Waals surface area contributed by atoms with Gasteiger partial charge >= 0.3 is 23.9 Å². The molecule has 2 fully saturated rings. The number of hydrogen-bond donors (Lipinski definition) is 4. The highest BCUT2D eigenvalue weighted by atomic mass is 16.5. The molecule has 0 aliphatic carbocycles. The summed E-state index contributed by atoms with van der Waals surface area (Å²) in [5.41, 5.74) is -0.0559. The van der Waals surface area contributed by atoms with E-state index in [0.717, 1.165) is 64.2 Å². The summed E-state index contributed by atoms with van der Waals surface area (Å²) >= 11 is 0. The average Bonchev–Trinajstić information content (AvgIpc) is 2.75. The van der Waals surface area contributed by atoms with Crippen molar-refractivity contribution in [3.8, 4) is 0 Å². The quantitative estimate of drug-likeness (QED) is 0.144. The molecule has 0 bridgehead atoms. The molecule has 0 aromatic rings. The molecular formula is C32H58N2O8. The van der Waals surface area contributed by atoms with Crippen molar-refractivity contribution < 1.29 is 38.9 Å². The van der Waals surface area contributed by atoms with E-state index < -0.39 is 11.9 Å². The first-order valence-corrected chi connectivity index (χ1v) is 15.6. The van der Waals surface area contributed by atoms with Gasteiger partial charge in [-0.3, -0.25) is 19.2 Å².